The molecule has 1 unspecified atom stereocenters. The van der Waals surface area contributed by atoms with Crippen LogP contribution in [0.15, 0.2) is 24.3 Å². The van der Waals surface area contributed by atoms with Gasteiger partial charge in [-0.3, -0.25) is 9.59 Å². The van der Waals surface area contributed by atoms with Crippen LogP contribution in [0.1, 0.15) is 19.3 Å². The number of rotatable bonds is 6. The van der Waals surface area contributed by atoms with Crippen LogP contribution in [0.4, 0.5) is 10.5 Å². The molecule has 0 aromatic heterocycles. The molecule has 0 bridgehead atoms. The fourth-order valence-corrected chi connectivity index (χ4v) is 2.87. The molecule has 0 spiro atoms. The number of urea groups is 1. The van der Waals surface area contributed by atoms with Gasteiger partial charge in [0.1, 0.15) is 6.04 Å². The van der Waals surface area contributed by atoms with Crippen LogP contribution in [0.2, 0.25) is 5.02 Å². The first kappa shape index (κ1) is 18.1. The Morgan fingerprint density at radius 3 is 2.79 bits per heavy atom. The monoisotopic (exact) mass is 353 g/mol. The minimum absolute atomic E-state index is 0.00730. The van der Waals surface area contributed by atoms with Crippen molar-refractivity contribution >= 4 is 35.2 Å². The molecule has 1 fully saturated rings. The van der Waals surface area contributed by atoms with Crippen LogP contribution >= 0.6 is 11.6 Å². The lowest BCUT2D eigenvalue weighted by molar-refractivity contribution is -0.137. The first-order valence-electron chi connectivity index (χ1n) is 7.70. The van der Waals surface area contributed by atoms with Crippen molar-refractivity contribution < 1.29 is 19.5 Å². The molecule has 0 saturated carbocycles. The van der Waals surface area contributed by atoms with Gasteiger partial charge in [0.05, 0.1) is 10.7 Å². The van der Waals surface area contributed by atoms with E-state index in [0.717, 1.165) is 0 Å². The molecule has 8 heteroatoms. The molecule has 7 nitrogen and oxygen atoms in total. The number of carboxylic acids is 1. The second-order valence-corrected chi connectivity index (χ2v) is 5.99. The van der Waals surface area contributed by atoms with Gasteiger partial charge < -0.3 is 20.2 Å². The van der Waals surface area contributed by atoms with Crippen LogP contribution in [0.5, 0.6) is 0 Å². The van der Waals surface area contributed by atoms with E-state index in [4.69, 9.17) is 16.7 Å². The Morgan fingerprint density at radius 2 is 2.12 bits per heavy atom. The summed E-state index contributed by atoms with van der Waals surface area (Å²) in [4.78, 5) is 38.1. The lowest BCUT2D eigenvalue weighted by Crippen LogP contribution is -2.47. The summed E-state index contributed by atoms with van der Waals surface area (Å²) in [6.45, 7) is 0.745. The molecule has 1 atom stereocenters. The van der Waals surface area contributed by atoms with E-state index in [-0.39, 0.29) is 24.9 Å². The second-order valence-electron chi connectivity index (χ2n) is 5.59. The quantitative estimate of drug-likeness (QED) is 0.765. The predicted octanol–water partition coefficient (Wildman–Crippen LogP) is 1.95. The van der Waals surface area contributed by atoms with Gasteiger partial charge >= 0.3 is 12.0 Å². The fourth-order valence-electron chi connectivity index (χ4n) is 2.64. The molecule has 1 aliphatic rings. The van der Waals surface area contributed by atoms with Gasteiger partial charge in [0, 0.05) is 26.6 Å². The number of hydrogen-bond acceptors (Lipinski definition) is 3. The summed E-state index contributed by atoms with van der Waals surface area (Å²) < 4.78 is 0. The van der Waals surface area contributed by atoms with E-state index in [1.807, 2.05) is 0 Å². The first-order chi connectivity index (χ1) is 11.4. The van der Waals surface area contributed by atoms with E-state index in [1.165, 1.54) is 4.90 Å². The Hall–Kier alpha value is -2.28. The van der Waals surface area contributed by atoms with Gasteiger partial charge in [0.25, 0.3) is 0 Å². The lowest BCUT2D eigenvalue weighted by Gasteiger charge is -2.24. The highest BCUT2D eigenvalue weighted by Gasteiger charge is 2.37. The van der Waals surface area contributed by atoms with E-state index >= 15 is 0 Å². The Morgan fingerprint density at radius 1 is 1.42 bits per heavy atom. The minimum Gasteiger partial charge on any atom is -0.481 e. The number of nitrogens with zero attached hydrogens (tertiary/aromatic N) is 2. The van der Waals surface area contributed by atoms with Crippen LogP contribution in [0, 0.1) is 0 Å². The lowest BCUT2D eigenvalue weighted by atomic mass is 10.2. The summed E-state index contributed by atoms with van der Waals surface area (Å²) in [5.41, 5.74) is 0.641. The number of carboxylic acid groups (broad SMARTS) is 1. The number of anilines is 1. The summed E-state index contributed by atoms with van der Waals surface area (Å²) in [6, 6.07) is 6.15. The molecule has 0 radical (unpaired) electrons. The van der Waals surface area contributed by atoms with Crippen molar-refractivity contribution in [2.75, 3.05) is 25.0 Å². The maximum absolute atomic E-state index is 12.6. The number of likely N-dealkylation sites (N-methyl/N-ethyl adjacent to an activating group) is 1. The molecule has 3 amide bonds. The fraction of sp³-hybridized carbons (Fsp3) is 0.438. The van der Waals surface area contributed by atoms with Gasteiger partial charge in [-0.05, 0) is 25.0 Å². The largest absolute Gasteiger partial charge is 0.481 e. The van der Waals surface area contributed by atoms with Crippen LogP contribution in [0.3, 0.4) is 0 Å². The van der Waals surface area contributed by atoms with Crippen molar-refractivity contribution in [3.05, 3.63) is 29.3 Å². The van der Waals surface area contributed by atoms with Crippen molar-refractivity contribution in [2.24, 2.45) is 0 Å². The SMILES string of the molecule is CN(C(=O)NCCCC(=O)O)C1CCN(c2ccccc2Cl)C1=O. The summed E-state index contributed by atoms with van der Waals surface area (Å²) in [5, 5.41) is 11.7. The number of carbonyl (C=O) groups excluding carboxylic acids is 2. The number of carbonyl (C=O) groups is 3. The molecule has 1 heterocycles. The molecule has 24 heavy (non-hydrogen) atoms. The zero-order valence-electron chi connectivity index (χ0n) is 13.4. The minimum atomic E-state index is -0.904. The number of halogens is 1. The van der Waals surface area contributed by atoms with Gasteiger partial charge in [-0.15, -0.1) is 0 Å². The zero-order valence-corrected chi connectivity index (χ0v) is 14.1. The Labute approximate surface area is 145 Å². The average molecular weight is 354 g/mol. The van der Waals surface area contributed by atoms with Gasteiger partial charge in [0.15, 0.2) is 0 Å². The topological polar surface area (TPSA) is 89.9 Å². The third-order valence-corrected chi connectivity index (χ3v) is 4.27. The van der Waals surface area contributed by atoms with Crippen molar-refractivity contribution in [3.63, 3.8) is 0 Å². The number of para-hydroxylation sites is 1. The van der Waals surface area contributed by atoms with E-state index < -0.39 is 12.0 Å². The summed E-state index contributed by atoms with van der Waals surface area (Å²) in [7, 11) is 1.56. The standard InChI is InChI=1S/C16H20ClN3O4/c1-19(16(24)18-9-4-7-14(21)22)13-8-10-20(15(13)23)12-6-3-2-5-11(12)17/h2-3,5-6,13H,4,7-10H2,1H3,(H,18,24)(H,21,22). The van der Waals surface area contributed by atoms with Crippen LogP contribution in [-0.4, -0.2) is 54.1 Å². The van der Waals surface area contributed by atoms with Gasteiger partial charge in [-0.25, -0.2) is 4.79 Å². The van der Waals surface area contributed by atoms with Gasteiger partial charge in [-0.2, -0.15) is 0 Å². The third-order valence-electron chi connectivity index (χ3n) is 3.95. The number of aliphatic carboxylic acids is 1. The third kappa shape index (κ3) is 4.17. The molecular weight excluding hydrogens is 334 g/mol. The van der Waals surface area contributed by atoms with Crippen LogP contribution in [0.25, 0.3) is 0 Å². The summed E-state index contributed by atoms with van der Waals surface area (Å²) in [6.07, 6.45) is 0.856. The Bertz CT molecular complexity index is 638. The number of benzene rings is 1. The molecule has 0 aliphatic carbocycles. The molecule has 130 valence electrons. The normalized spacial score (nSPS) is 17.0. The van der Waals surface area contributed by atoms with Gasteiger partial charge in [0.2, 0.25) is 5.91 Å². The summed E-state index contributed by atoms with van der Waals surface area (Å²) >= 11 is 6.13. The highest BCUT2D eigenvalue weighted by Crippen LogP contribution is 2.30. The predicted molar refractivity (Wildman–Crippen MR) is 90.2 cm³/mol. The highest BCUT2D eigenvalue weighted by molar-refractivity contribution is 6.34. The Kier molecular flexibility index (Phi) is 6.03. The van der Waals surface area contributed by atoms with Crippen molar-refractivity contribution in [1.29, 1.82) is 0 Å². The molecular formula is C16H20ClN3O4. The molecule has 1 aliphatic heterocycles. The molecule has 2 rings (SSSR count). The molecule has 1 aromatic carbocycles. The number of amides is 3. The molecule has 1 aromatic rings. The first-order valence-corrected chi connectivity index (χ1v) is 8.08. The molecule has 2 N–H and O–H groups in total. The second kappa shape index (κ2) is 8.01. The smallest absolute Gasteiger partial charge is 0.317 e. The van der Waals surface area contributed by atoms with Crippen molar-refractivity contribution in [1.82, 2.24) is 10.2 Å². The van der Waals surface area contributed by atoms with Crippen molar-refractivity contribution in [3.8, 4) is 0 Å². The van der Waals surface area contributed by atoms with E-state index in [0.29, 0.717) is 30.1 Å². The summed E-state index contributed by atoms with van der Waals surface area (Å²) in [5.74, 6) is -1.08. The molecule has 1 saturated heterocycles. The maximum Gasteiger partial charge on any atom is 0.317 e. The average Bonchev–Trinajstić information content (AvgIpc) is 2.92. The van der Waals surface area contributed by atoms with Crippen LogP contribution in [-0.2, 0) is 9.59 Å². The highest BCUT2D eigenvalue weighted by atomic mass is 35.5. The van der Waals surface area contributed by atoms with E-state index in [9.17, 15) is 14.4 Å². The van der Waals surface area contributed by atoms with Crippen molar-refractivity contribution in [2.45, 2.75) is 25.3 Å². The zero-order chi connectivity index (χ0) is 17.7. The maximum atomic E-state index is 12.6. The van der Waals surface area contributed by atoms with Crippen LogP contribution < -0.4 is 10.2 Å². The number of hydrogen-bond donors (Lipinski definition) is 2. The van der Waals surface area contributed by atoms with E-state index in [2.05, 4.69) is 5.32 Å². The number of nitrogens with one attached hydrogen (secondary N) is 1. The van der Waals surface area contributed by atoms with E-state index in [1.54, 1.807) is 36.2 Å². The Balaban J connectivity index is 1.93. The van der Waals surface area contributed by atoms with Gasteiger partial charge in [-0.1, -0.05) is 23.7 Å².